The second kappa shape index (κ2) is 9.00. The van der Waals surface area contributed by atoms with Gasteiger partial charge < -0.3 is 15.3 Å². The molecule has 0 radical (unpaired) electrons. The van der Waals surface area contributed by atoms with Crippen LogP contribution in [0.4, 0.5) is 0 Å². The van der Waals surface area contributed by atoms with E-state index in [2.05, 4.69) is 49.5 Å². The quantitative estimate of drug-likeness (QED) is 0.781. The number of nitrogens with zero attached hydrogens (tertiary/aromatic N) is 1. The minimum absolute atomic E-state index is 0.0121. The number of hydrogen-bond donors (Lipinski definition) is 2. The van der Waals surface area contributed by atoms with E-state index in [1.165, 1.54) is 17.6 Å². The van der Waals surface area contributed by atoms with Gasteiger partial charge in [-0.3, -0.25) is 0 Å². The number of rotatable bonds is 6. The van der Waals surface area contributed by atoms with Gasteiger partial charge in [-0.2, -0.15) is 0 Å². The fraction of sp³-hybridized carbons (Fsp3) is 0.550. The summed E-state index contributed by atoms with van der Waals surface area (Å²) in [5.74, 6) is 0. The van der Waals surface area contributed by atoms with Crippen LogP contribution in [0.3, 0.4) is 0 Å². The van der Waals surface area contributed by atoms with Gasteiger partial charge in [0, 0.05) is 12.1 Å². The van der Waals surface area contributed by atoms with Gasteiger partial charge in [0.05, 0.1) is 5.71 Å². The Morgan fingerprint density at radius 1 is 1.21 bits per heavy atom. The van der Waals surface area contributed by atoms with Crippen LogP contribution in [0, 0.1) is 0 Å². The van der Waals surface area contributed by atoms with Crippen molar-refractivity contribution in [3.05, 3.63) is 41.5 Å². The molecule has 0 amide bonds. The summed E-state index contributed by atoms with van der Waals surface area (Å²) in [5, 5.41) is 17.5. The van der Waals surface area contributed by atoms with Crippen molar-refractivity contribution in [1.82, 2.24) is 5.32 Å². The number of aliphatic hydroxyl groups excluding tert-OH is 1. The molecular formula is C20H30N2O2. The zero-order chi connectivity index (χ0) is 17.4. The maximum absolute atomic E-state index is 9.97. The summed E-state index contributed by atoms with van der Waals surface area (Å²) < 4.78 is 0. The van der Waals surface area contributed by atoms with E-state index in [1.807, 2.05) is 18.2 Å². The number of oxime groups is 1. The first-order chi connectivity index (χ1) is 11.4. The zero-order valence-corrected chi connectivity index (χ0v) is 15.1. The standard InChI is InChI=1S/C20H30N2O2/c1-20(2,3)21-14-18(23)15-24-22-19-12-8-7-11-17(19)13-16-9-5-4-6-10-16/h4-6,9-10,13,18,21,23H,7-8,11-12,14-15H2,1-3H3/b17-13-,22-19+. The van der Waals surface area contributed by atoms with Crippen LogP contribution in [0.1, 0.15) is 52.0 Å². The molecule has 0 aliphatic heterocycles. The minimum Gasteiger partial charge on any atom is -0.393 e. The van der Waals surface area contributed by atoms with Crippen molar-refractivity contribution in [2.45, 2.75) is 58.1 Å². The Labute approximate surface area is 145 Å². The second-order valence-electron chi connectivity index (χ2n) is 7.41. The summed E-state index contributed by atoms with van der Waals surface area (Å²) in [5.41, 5.74) is 3.44. The van der Waals surface area contributed by atoms with Gasteiger partial charge in [0.2, 0.25) is 0 Å². The maximum atomic E-state index is 9.97. The van der Waals surface area contributed by atoms with Crippen LogP contribution >= 0.6 is 0 Å². The lowest BCUT2D eigenvalue weighted by molar-refractivity contribution is 0.0369. The summed E-state index contributed by atoms with van der Waals surface area (Å²) >= 11 is 0. The Morgan fingerprint density at radius 3 is 2.62 bits per heavy atom. The average Bonchev–Trinajstić information content (AvgIpc) is 2.55. The first-order valence-corrected chi connectivity index (χ1v) is 8.82. The average molecular weight is 330 g/mol. The number of allylic oxidation sites excluding steroid dienone is 1. The van der Waals surface area contributed by atoms with Crippen molar-refractivity contribution >= 4 is 11.8 Å². The van der Waals surface area contributed by atoms with Gasteiger partial charge in [0.15, 0.2) is 0 Å². The third-order valence-electron chi connectivity index (χ3n) is 3.93. The largest absolute Gasteiger partial charge is 0.393 e. The Morgan fingerprint density at radius 2 is 1.92 bits per heavy atom. The summed E-state index contributed by atoms with van der Waals surface area (Å²) in [6.45, 7) is 6.93. The van der Waals surface area contributed by atoms with Crippen LogP contribution in [0.2, 0.25) is 0 Å². The van der Waals surface area contributed by atoms with Gasteiger partial charge in [-0.15, -0.1) is 0 Å². The van der Waals surface area contributed by atoms with E-state index < -0.39 is 6.10 Å². The highest BCUT2D eigenvalue weighted by molar-refractivity contribution is 6.03. The monoisotopic (exact) mass is 330 g/mol. The molecule has 0 spiro atoms. The SMILES string of the molecule is CC(C)(C)NCC(O)CO/N=C1\CCCC\C1=C\c1ccccc1. The van der Waals surface area contributed by atoms with Crippen molar-refractivity contribution in [2.75, 3.05) is 13.2 Å². The van der Waals surface area contributed by atoms with Crippen molar-refractivity contribution in [2.24, 2.45) is 5.16 Å². The number of hydrogen-bond acceptors (Lipinski definition) is 4. The molecule has 1 fully saturated rings. The molecule has 24 heavy (non-hydrogen) atoms. The van der Waals surface area contributed by atoms with Crippen LogP contribution in [0.15, 0.2) is 41.1 Å². The molecule has 1 atom stereocenters. The first kappa shape index (κ1) is 18.7. The maximum Gasteiger partial charge on any atom is 0.144 e. The van der Waals surface area contributed by atoms with Gasteiger partial charge >= 0.3 is 0 Å². The van der Waals surface area contributed by atoms with Crippen LogP contribution in [0.25, 0.3) is 6.08 Å². The molecule has 0 saturated heterocycles. The highest BCUT2D eigenvalue weighted by atomic mass is 16.6. The number of aliphatic hydroxyl groups is 1. The van der Waals surface area contributed by atoms with E-state index in [9.17, 15) is 5.11 Å². The van der Waals surface area contributed by atoms with E-state index in [4.69, 9.17) is 4.84 Å². The normalized spacial score (nSPS) is 20.3. The third-order valence-corrected chi connectivity index (χ3v) is 3.93. The Balaban J connectivity index is 1.90. The molecule has 0 heterocycles. The molecule has 4 heteroatoms. The zero-order valence-electron chi connectivity index (χ0n) is 15.1. The molecule has 1 aromatic carbocycles. The number of β-amino-alcohol motifs (C(OH)–C–C–N with tert-alkyl or cyclic N) is 1. The van der Waals surface area contributed by atoms with E-state index in [1.54, 1.807) is 0 Å². The van der Waals surface area contributed by atoms with Crippen LogP contribution in [0.5, 0.6) is 0 Å². The van der Waals surface area contributed by atoms with Crippen molar-refractivity contribution in [3.63, 3.8) is 0 Å². The summed E-state index contributed by atoms with van der Waals surface area (Å²) in [7, 11) is 0. The Bertz CT molecular complexity index is 559. The van der Waals surface area contributed by atoms with E-state index in [0.29, 0.717) is 6.54 Å². The van der Waals surface area contributed by atoms with Crippen LogP contribution in [-0.2, 0) is 4.84 Å². The molecule has 2 rings (SSSR count). The third kappa shape index (κ3) is 6.85. The molecule has 1 aliphatic rings. The number of nitrogens with one attached hydrogen (secondary N) is 1. The molecule has 1 aliphatic carbocycles. The molecule has 132 valence electrons. The lowest BCUT2D eigenvalue weighted by Gasteiger charge is -2.22. The molecule has 1 aromatic rings. The lowest BCUT2D eigenvalue weighted by atomic mass is 9.91. The van der Waals surface area contributed by atoms with Gasteiger partial charge in [0.25, 0.3) is 0 Å². The van der Waals surface area contributed by atoms with Crippen molar-refractivity contribution in [1.29, 1.82) is 0 Å². The molecule has 1 unspecified atom stereocenters. The topological polar surface area (TPSA) is 53.8 Å². The molecular weight excluding hydrogens is 300 g/mol. The highest BCUT2D eigenvalue weighted by Crippen LogP contribution is 2.23. The number of benzene rings is 1. The van der Waals surface area contributed by atoms with Gasteiger partial charge in [-0.05, 0) is 63.7 Å². The molecule has 4 nitrogen and oxygen atoms in total. The van der Waals surface area contributed by atoms with Crippen molar-refractivity contribution in [3.8, 4) is 0 Å². The smallest absolute Gasteiger partial charge is 0.144 e. The summed E-state index contributed by atoms with van der Waals surface area (Å²) in [4.78, 5) is 5.43. The molecule has 1 saturated carbocycles. The van der Waals surface area contributed by atoms with Gasteiger partial charge in [-0.1, -0.05) is 35.5 Å². The fourth-order valence-electron chi connectivity index (χ4n) is 2.61. The Kier molecular flexibility index (Phi) is 7.00. The highest BCUT2D eigenvalue weighted by Gasteiger charge is 2.15. The van der Waals surface area contributed by atoms with E-state index in [0.717, 1.165) is 25.0 Å². The predicted octanol–water partition coefficient (Wildman–Crippen LogP) is 3.77. The van der Waals surface area contributed by atoms with Gasteiger partial charge in [-0.25, -0.2) is 0 Å². The van der Waals surface area contributed by atoms with Crippen LogP contribution in [-0.4, -0.2) is 35.6 Å². The minimum atomic E-state index is -0.557. The van der Waals surface area contributed by atoms with Crippen LogP contribution < -0.4 is 5.32 Å². The fourth-order valence-corrected chi connectivity index (χ4v) is 2.61. The lowest BCUT2D eigenvalue weighted by Crippen LogP contribution is -2.42. The molecule has 2 N–H and O–H groups in total. The first-order valence-electron chi connectivity index (χ1n) is 8.82. The van der Waals surface area contributed by atoms with E-state index >= 15 is 0 Å². The van der Waals surface area contributed by atoms with Crippen molar-refractivity contribution < 1.29 is 9.94 Å². The van der Waals surface area contributed by atoms with E-state index in [-0.39, 0.29) is 12.1 Å². The Hall–Kier alpha value is -1.65. The molecule has 0 bridgehead atoms. The summed E-state index contributed by atoms with van der Waals surface area (Å²) in [6.07, 6.45) is 5.94. The summed E-state index contributed by atoms with van der Waals surface area (Å²) in [6, 6.07) is 10.3. The second-order valence-corrected chi connectivity index (χ2v) is 7.41. The predicted molar refractivity (Wildman–Crippen MR) is 100 cm³/mol. The van der Waals surface area contributed by atoms with Gasteiger partial charge in [0.1, 0.15) is 12.7 Å². The molecule has 0 aromatic heterocycles.